The summed E-state index contributed by atoms with van der Waals surface area (Å²) < 4.78 is 0. The quantitative estimate of drug-likeness (QED) is 0.666. The maximum atomic E-state index is 11.7. The Morgan fingerprint density at radius 2 is 2.00 bits per heavy atom. The molecule has 5 nitrogen and oxygen atoms in total. The van der Waals surface area contributed by atoms with Crippen LogP contribution < -0.4 is 0 Å². The van der Waals surface area contributed by atoms with Gasteiger partial charge in [0.05, 0.1) is 12.6 Å². The number of aliphatic hydroxyl groups is 1. The summed E-state index contributed by atoms with van der Waals surface area (Å²) in [6.07, 6.45) is 1.47. The van der Waals surface area contributed by atoms with Crippen LogP contribution in [-0.4, -0.2) is 58.5 Å². The van der Waals surface area contributed by atoms with Gasteiger partial charge in [0.15, 0.2) is 0 Å². The first-order chi connectivity index (χ1) is 7.08. The minimum Gasteiger partial charge on any atom is -0.392 e. The monoisotopic (exact) mass is 212 g/mol. The largest absolute Gasteiger partial charge is 0.392 e. The molecule has 0 radical (unpaired) electrons. The Bertz CT molecular complexity index is 286. The summed E-state index contributed by atoms with van der Waals surface area (Å²) in [4.78, 5) is 26.4. The lowest BCUT2D eigenvalue weighted by molar-refractivity contribution is -0.151. The Morgan fingerprint density at radius 1 is 1.33 bits per heavy atom. The third kappa shape index (κ3) is 2.28. The van der Waals surface area contributed by atoms with E-state index in [1.54, 1.807) is 11.8 Å². The number of carbonyl (C=O) groups is 2. The molecule has 2 amide bonds. The number of rotatable bonds is 3. The molecular weight excluding hydrogens is 196 g/mol. The lowest BCUT2D eigenvalue weighted by Crippen LogP contribution is -2.55. The van der Waals surface area contributed by atoms with E-state index in [0.29, 0.717) is 6.04 Å². The molecule has 1 N–H and O–H groups in total. The van der Waals surface area contributed by atoms with Gasteiger partial charge in [-0.3, -0.25) is 9.59 Å². The summed E-state index contributed by atoms with van der Waals surface area (Å²) in [6, 6.07) is 0.301. The number of β-amino-alcohol motifs (C(OH)–C–C–N with tert-alkyl or cyclic N) is 1. The molecule has 1 unspecified atom stereocenters. The van der Waals surface area contributed by atoms with Crippen LogP contribution in [0.3, 0.4) is 0 Å². The lowest BCUT2D eigenvalue weighted by Gasteiger charge is -2.34. The van der Waals surface area contributed by atoms with Gasteiger partial charge in [0.25, 0.3) is 0 Å². The summed E-state index contributed by atoms with van der Waals surface area (Å²) in [5, 5.41) is 9.18. The van der Waals surface area contributed by atoms with E-state index in [9.17, 15) is 14.7 Å². The van der Waals surface area contributed by atoms with Crippen molar-refractivity contribution in [2.75, 3.05) is 19.6 Å². The SMILES string of the molecule is CC(O)CN1CC(=O)N(C2CC2)CC1=O. The second-order valence-corrected chi connectivity index (χ2v) is 4.38. The van der Waals surface area contributed by atoms with E-state index < -0.39 is 6.10 Å². The van der Waals surface area contributed by atoms with Gasteiger partial charge in [-0.15, -0.1) is 0 Å². The van der Waals surface area contributed by atoms with E-state index in [1.807, 2.05) is 0 Å². The molecule has 15 heavy (non-hydrogen) atoms. The van der Waals surface area contributed by atoms with Crippen LogP contribution in [0.25, 0.3) is 0 Å². The maximum absolute atomic E-state index is 11.7. The maximum Gasteiger partial charge on any atom is 0.242 e. The molecule has 2 rings (SSSR count). The highest BCUT2D eigenvalue weighted by atomic mass is 16.3. The van der Waals surface area contributed by atoms with Crippen LogP contribution in [0.2, 0.25) is 0 Å². The number of amides is 2. The van der Waals surface area contributed by atoms with E-state index in [0.717, 1.165) is 12.8 Å². The predicted molar refractivity (Wildman–Crippen MR) is 53.0 cm³/mol. The molecule has 0 aromatic heterocycles. The minimum absolute atomic E-state index is 0.0118. The fourth-order valence-corrected chi connectivity index (χ4v) is 1.88. The summed E-state index contributed by atoms with van der Waals surface area (Å²) in [7, 11) is 0. The molecule has 2 aliphatic rings. The number of piperazine rings is 1. The fourth-order valence-electron chi connectivity index (χ4n) is 1.88. The summed E-state index contributed by atoms with van der Waals surface area (Å²) in [5.41, 5.74) is 0. The summed E-state index contributed by atoms with van der Waals surface area (Å²) in [6.45, 7) is 2.19. The van der Waals surface area contributed by atoms with Crippen LogP contribution >= 0.6 is 0 Å². The van der Waals surface area contributed by atoms with Gasteiger partial charge in [-0.05, 0) is 19.8 Å². The third-order valence-electron chi connectivity index (χ3n) is 2.78. The Balaban J connectivity index is 1.96. The molecule has 5 heteroatoms. The molecule has 0 spiro atoms. The van der Waals surface area contributed by atoms with Gasteiger partial charge in [0.2, 0.25) is 11.8 Å². The van der Waals surface area contributed by atoms with Crippen LogP contribution in [0, 0.1) is 0 Å². The Kier molecular flexibility index (Phi) is 2.65. The first-order valence-corrected chi connectivity index (χ1v) is 5.33. The first kappa shape index (κ1) is 10.4. The van der Waals surface area contributed by atoms with Crippen LogP contribution in [0.5, 0.6) is 0 Å². The smallest absolute Gasteiger partial charge is 0.242 e. The molecule has 1 saturated heterocycles. The average Bonchev–Trinajstić information content (AvgIpc) is 2.93. The van der Waals surface area contributed by atoms with E-state index >= 15 is 0 Å². The molecule has 84 valence electrons. The molecule has 0 bridgehead atoms. The van der Waals surface area contributed by atoms with Gasteiger partial charge >= 0.3 is 0 Å². The van der Waals surface area contributed by atoms with Crippen molar-refractivity contribution in [2.45, 2.75) is 31.9 Å². The second kappa shape index (κ2) is 3.81. The topological polar surface area (TPSA) is 60.9 Å². The van der Waals surface area contributed by atoms with Crippen LogP contribution in [0.15, 0.2) is 0 Å². The highest BCUT2D eigenvalue weighted by molar-refractivity contribution is 5.92. The molecule has 1 aliphatic heterocycles. The molecule has 1 aliphatic carbocycles. The summed E-state index contributed by atoms with van der Waals surface area (Å²) in [5.74, 6) is -0.0415. The van der Waals surface area contributed by atoms with Crippen LogP contribution in [0.1, 0.15) is 19.8 Å². The van der Waals surface area contributed by atoms with Gasteiger partial charge in [0.1, 0.15) is 6.54 Å². The highest BCUT2D eigenvalue weighted by Gasteiger charge is 2.38. The lowest BCUT2D eigenvalue weighted by atomic mass is 10.2. The van der Waals surface area contributed by atoms with Gasteiger partial charge in [0, 0.05) is 12.6 Å². The molecule has 0 aromatic rings. The molecule has 0 aromatic carbocycles. The van der Waals surface area contributed by atoms with Crippen molar-refractivity contribution in [3.05, 3.63) is 0 Å². The van der Waals surface area contributed by atoms with Crippen LogP contribution in [0.4, 0.5) is 0 Å². The van der Waals surface area contributed by atoms with Gasteiger partial charge < -0.3 is 14.9 Å². The van der Waals surface area contributed by atoms with E-state index in [1.165, 1.54) is 4.90 Å². The van der Waals surface area contributed by atoms with Crippen molar-refractivity contribution in [3.8, 4) is 0 Å². The van der Waals surface area contributed by atoms with Gasteiger partial charge in [-0.25, -0.2) is 0 Å². The number of nitrogens with zero attached hydrogens (tertiary/aromatic N) is 2. The van der Waals surface area contributed by atoms with Crippen molar-refractivity contribution in [3.63, 3.8) is 0 Å². The van der Waals surface area contributed by atoms with Crippen molar-refractivity contribution in [2.24, 2.45) is 0 Å². The Hall–Kier alpha value is -1.10. The Morgan fingerprint density at radius 3 is 2.53 bits per heavy atom. The number of hydrogen-bond donors (Lipinski definition) is 1. The molecule has 2 fully saturated rings. The van der Waals surface area contributed by atoms with Crippen molar-refractivity contribution in [1.29, 1.82) is 0 Å². The van der Waals surface area contributed by atoms with Crippen molar-refractivity contribution >= 4 is 11.8 Å². The van der Waals surface area contributed by atoms with Gasteiger partial charge in [-0.1, -0.05) is 0 Å². The number of carbonyl (C=O) groups excluding carboxylic acids is 2. The fraction of sp³-hybridized carbons (Fsp3) is 0.800. The predicted octanol–water partition coefficient (Wildman–Crippen LogP) is -0.800. The Labute approximate surface area is 88.6 Å². The third-order valence-corrected chi connectivity index (χ3v) is 2.78. The molecule has 1 heterocycles. The van der Waals surface area contributed by atoms with Crippen LogP contribution in [-0.2, 0) is 9.59 Å². The average molecular weight is 212 g/mol. The van der Waals surface area contributed by atoms with Crippen molar-refractivity contribution < 1.29 is 14.7 Å². The van der Waals surface area contributed by atoms with E-state index in [2.05, 4.69) is 0 Å². The van der Waals surface area contributed by atoms with Gasteiger partial charge in [-0.2, -0.15) is 0 Å². The zero-order valence-electron chi connectivity index (χ0n) is 8.85. The van der Waals surface area contributed by atoms with Crippen molar-refractivity contribution in [1.82, 2.24) is 9.80 Å². The zero-order valence-corrected chi connectivity index (χ0v) is 8.85. The normalized spacial score (nSPS) is 24.7. The minimum atomic E-state index is -0.575. The molecule has 1 atom stereocenters. The second-order valence-electron chi connectivity index (χ2n) is 4.38. The molecule has 1 saturated carbocycles. The van der Waals surface area contributed by atoms with E-state index in [-0.39, 0.29) is 31.4 Å². The highest BCUT2D eigenvalue weighted by Crippen LogP contribution is 2.28. The molecular formula is C10H16N2O3. The van der Waals surface area contributed by atoms with E-state index in [4.69, 9.17) is 0 Å². The zero-order chi connectivity index (χ0) is 11.0. The standard InChI is InChI=1S/C10H16N2O3/c1-7(13)4-11-5-10(15)12(6-9(11)14)8-2-3-8/h7-8,13H,2-6H2,1H3. The summed E-state index contributed by atoms with van der Waals surface area (Å²) >= 11 is 0. The number of aliphatic hydroxyl groups excluding tert-OH is 1. The number of hydrogen-bond acceptors (Lipinski definition) is 3. The first-order valence-electron chi connectivity index (χ1n) is 5.33.